The second-order valence-electron chi connectivity index (χ2n) is 6.10. The molecule has 0 bridgehead atoms. The topological polar surface area (TPSA) is 75.5 Å². The standard InChI is InChI=1S/C16H21N3O3S/c1-8-5-6-19(7-11(8)20)14-12-9(2)13(16(21)22-4)23-15(12)18-10(3)17-14/h8,11,20H,5-7H2,1-4H3. The van der Waals surface area contributed by atoms with Crippen LogP contribution in [-0.4, -0.2) is 47.3 Å². The van der Waals surface area contributed by atoms with Crippen LogP contribution in [0.25, 0.3) is 10.2 Å². The third-order valence-corrected chi connectivity index (χ3v) is 5.64. The van der Waals surface area contributed by atoms with Crippen LogP contribution < -0.4 is 4.90 Å². The van der Waals surface area contributed by atoms with E-state index in [0.29, 0.717) is 23.2 Å². The molecule has 1 aliphatic rings. The van der Waals surface area contributed by atoms with Crippen LogP contribution in [0.2, 0.25) is 0 Å². The number of thiophene rings is 1. The van der Waals surface area contributed by atoms with Crippen molar-refractivity contribution in [1.82, 2.24) is 9.97 Å². The Morgan fingerprint density at radius 1 is 1.39 bits per heavy atom. The molecule has 2 unspecified atom stereocenters. The molecular weight excluding hydrogens is 314 g/mol. The number of carbonyl (C=O) groups is 1. The summed E-state index contributed by atoms with van der Waals surface area (Å²) in [6.45, 7) is 7.20. The minimum Gasteiger partial charge on any atom is -0.465 e. The minimum atomic E-state index is -0.368. The molecule has 0 spiro atoms. The van der Waals surface area contributed by atoms with E-state index in [4.69, 9.17) is 4.74 Å². The molecule has 0 saturated carbocycles. The first-order valence-corrected chi connectivity index (χ1v) is 8.53. The van der Waals surface area contributed by atoms with Crippen LogP contribution in [0.4, 0.5) is 5.82 Å². The largest absolute Gasteiger partial charge is 0.465 e. The molecule has 6 nitrogen and oxygen atoms in total. The summed E-state index contributed by atoms with van der Waals surface area (Å²) in [5, 5.41) is 11.1. The number of nitrogens with zero attached hydrogens (tertiary/aromatic N) is 3. The Kier molecular flexibility index (Phi) is 4.25. The van der Waals surface area contributed by atoms with E-state index in [1.807, 2.05) is 13.8 Å². The maximum Gasteiger partial charge on any atom is 0.348 e. The van der Waals surface area contributed by atoms with E-state index in [2.05, 4.69) is 21.8 Å². The van der Waals surface area contributed by atoms with Crippen LogP contribution in [0.15, 0.2) is 0 Å². The van der Waals surface area contributed by atoms with Gasteiger partial charge in [-0.25, -0.2) is 14.8 Å². The lowest BCUT2D eigenvalue weighted by atomic mass is 9.96. The minimum absolute atomic E-state index is 0.291. The molecule has 1 fully saturated rings. The lowest BCUT2D eigenvalue weighted by Crippen LogP contribution is -2.43. The summed E-state index contributed by atoms with van der Waals surface area (Å²) >= 11 is 1.34. The second-order valence-corrected chi connectivity index (χ2v) is 7.10. The van der Waals surface area contributed by atoms with Gasteiger partial charge >= 0.3 is 5.97 Å². The summed E-state index contributed by atoms with van der Waals surface area (Å²) in [5.41, 5.74) is 0.847. The number of hydrogen-bond donors (Lipinski definition) is 1. The molecule has 2 aromatic rings. The number of anilines is 1. The molecule has 0 aliphatic carbocycles. The van der Waals surface area contributed by atoms with E-state index in [9.17, 15) is 9.90 Å². The van der Waals surface area contributed by atoms with Crippen LogP contribution in [-0.2, 0) is 4.74 Å². The fourth-order valence-corrected chi connectivity index (χ4v) is 4.12. The first-order valence-electron chi connectivity index (χ1n) is 7.71. The maximum absolute atomic E-state index is 12.0. The first kappa shape index (κ1) is 16.1. The van der Waals surface area contributed by atoms with Gasteiger partial charge in [0.15, 0.2) is 0 Å². The Hall–Kier alpha value is -1.73. The zero-order valence-electron chi connectivity index (χ0n) is 13.8. The summed E-state index contributed by atoms with van der Waals surface area (Å²) in [5.74, 6) is 1.42. The maximum atomic E-state index is 12.0. The number of carbonyl (C=O) groups excluding carboxylic acids is 1. The normalized spacial score (nSPS) is 21.7. The lowest BCUT2D eigenvalue weighted by Gasteiger charge is -2.35. The van der Waals surface area contributed by atoms with Gasteiger partial charge in [-0.15, -0.1) is 11.3 Å². The molecule has 1 aliphatic heterocycles. The molecule has 0 amide bonds. The van der Waals surface area contributed by atoms with Crippen LogP contribution in [0.3, 0.4) is 0 Å². The average molecular weight is 335 g/mol. The number of aromatic nitrogens is 2. The SMILES string of the molecule is COC(=O)c1sc2nc(C)nc(N3CCC(C)C(O)C3)c2c1C. The van der Waals surface area contributed by atoms with Gasteiger partial charge in [-0.2, -0.15) is 0 Å². The number of methoxy groups -OCH3 is 1. The van der Waals surface area contributed by atoms with Gasteiger partial charge in [-0.05, 0) is 31.7 Å². The molecule has 2 aromatic heterocycles. The van der Waals surface area contributed by atoms with Crippen LogP contribution in [0.5, 0.6) is 0 Å². The fraction of sp³-hybridized carbons (Fsp3) is 0.562. The third kappa shape index (κ3) is 2.79. The molecule has 7 heteroatoms. The van der Waals surface area contributed by atoms with Crippen LogP contribution >= 0.6 is 11.3 Å². The Morgan fingerprint density at radius 3 is 2.78 bits per heavy atom. The molecule has 0 aromatic carbocycles. The summed E-state index contributed by atoms with van der Waals surface area (Å²) in [6.07, 6.45) is 0.548. The highest BCUT2D eigenvalue weighted by Gasteiger charge is 2.28. The Labute approximate surface area is 139 Å². The van der Waals surface area contributed by atoms with Crippen LogP contribution in [0.1, 0.15) is 34.4 Å². The van der Waals surface area contributed by atoms with Gasteiger partial charge in [0.25, 0.3) is 0 Å². The van der Waals surface area contributed by atoms with Gasteiger partial charge in [0.05, 0.1) is 18.6 Å². The molecule has 1 N–H and O–H groups in total. The molecule has 124 valence electrons. The number of aliphatic hydroxyl groups excluding tert-OH is 1. The quantitative estimate of drug-likeness (QED) is 0.849. The van der Waals surface area contributed by atoms with E-state index in [1.54, 1.807) is 0 Å². The summed E-state index contributed by atoms with van der Waals surface area (Å²) < 4.78 is 4.86. The smallest absolute Gasteiger partial charge is 0.348 e. The molecule has 3 rings (SSSR count). The van der Waals surface area contributed by atoms with E-state index in [1.165, 1.54) is 18.4 Å². The summed E-state index contributed by atoms with van der Waals surface area (Å²) in [4.78, 5) is 24.5. The summed E-state index contributed by atoms with van der Waals surface area (Å²) in [7, 11) is 1.38. The predicted octanol–water partition coefficient (Wildman–Crippen LogP) is 2.30. The second kappa shape index (κ2) is 6.05. The number of rotatable bonds is 2. The number of fused-ring (bicyclic) bond motifs is 1. The van der Waals surface area contributed by atoms with E-state index in [0.717, 1.165) is 34.6 Å². The van der Waals surface area contributed by atoms with E-state index < -0.39 is 0 Å². The van der Waals surface area contributed by atoms with Gasteiger partial charge in [-0.1, -0.05) is 6.92 Å². The van der Waals surface area contributed by atoms with E-state index >= 15 is 0 Å². The highest BCUT2D eigenvalue weighted by atomic mass is 32.1. The number of hydrogen-bond acceptors (Lipinski definition) is 7. The van der Waals surface area contributed by atoms with Crippen molar-refractivity contribution in [3.05, 3.63) is 16.3 Å². The van der Waals surface area contributed by atoms with Crippen molar-refractivity contribution < 1.29 is 14.6 Å². The average Bonchev–Trinajstić information content (AvgIpc) is 2.85. The molecule has 0 radical (unpaired) electrons. The fourth-order valence-electron chi connectivity index (χ4n) is 2.98. The van der Waals surface area contributed by atoms with Crippen LogP contribution in [0, 0.1) is 19.8 Å². The number of β-amino-alcohol motifs (C(OH)–C–C–N with tert-alkyl or cyclic N) is 1. The van der Waals surface area contributed by atoms with Gasteiger partial charge in [0.1, 0.15) is 21.3 Å². The number of esters is 1. The van der Waals surface area contributed by atoms with Crippen molar-refractivity contribution in [3.63, 3.8) is 0 Å². The number of aryl methyl sites for hydroxylation is 2. The summed E-state index contributed by atoms with van der Waals surface area (Å²) in [6, 6.07) is 0. The number of ether oxygens (including phenoxy) is 1. The Morgan fingerprint density at radius 2 is 2.13 bits per heavy atom. The number of aliphatic hydroxyl groups is 1. The molecule has 2 atom stereocenters. The van der Waals surface area contributed by atoms with Crippen molar-refractivity contribution in [3.8, 4) is 0 Å². The predicted molar refractivity (Wildman–Crippen MR) is 90.2 cm³/mol. The molecular formula is C16H21N3O3S. The van der Waals surface area contributed by atoms with Crippen molar-refractivity contribution in [2.75, 3.05) is 25.1 Å². The Balaban J connectivity index is 2.13. The Bertz CT molecular complexity index is 759. The first-order chi connectivity index (χ1) is 10.9. The lowest BCUT2D eigenvalue weighted by molar-refractivity contribution is 0.0605. The number of piperidine rings is 1. The zero-order valence-corrected chi connectivity index (χ0v) is 14.6. The van der Waals surface area contributed by atoms with Crippen molar-refractivity contribution in [2.24, 2.45) is 5.92 Å². The van der Waals surface area contributed by atoms with Gasteiger partial charge < -0.3 is 14.7 Å². The van der Waals surface area contributed by atoms with Gasteiger partial charge in [0, 0.05) is 13.1 Å². The zero-order chi connectivity index (χ0) is 16.7. The molecule has 23 heavy (non-hydrogen) atoms. The van der Waals surface area contributed by atoms with Crippen molar-refractivity contribution in [1.29, 1.82) is 0 Å². The molecule has 1 saturated heterocycles. The monoisotopic (exact) mass is 335 g/mol. The van der Waals surface area contributed by atoms with Crippen molar-refractivity contribution >= 4 is 33.3 Å². The van der Waals surface area contributed by atoms with Crippen molar-refractivity contribution in [2.45, 2.75) is 33.3 Å². The highest BCUT2D eigenvalue weighted by Crippen LogP contribution is 2.37. The third-order valence-electron chi connectivity index (χ3n) is 4.47. The van der Waals surface area contributed by atoms with Gasteiger partial charge in [-0.3, -0.25) is 0 Å². The molecule has 3 heterocycles. The van der Waals surface area contributed by atoms with E-state index in [-0.39, 0.29) is 12.1 Å². The highest BCUT2D eigenvalue weighted by molar-refractivity contribution is 7.20. The van der Waals surface area contributed by atoms with Gasteiger partial charge in [0.2, 0.25) is 0 Å².